The van der Waals surface area contributed by atoms with Gasteiger partial charge < -0.3 is 19.9 Å². The molecule has 2 N–H and O–H groups in total. The van der Waals surface area contributed by atoms with E-state index in [9.17, 15) is 9.59 Å². The molecule has 3 rings (SSSR count). The molecule has 0 bridgehead atoms. The van der Waals surface area contributed by atoms with E-state index in [-0.39, 0.29) is 17.6 Å². The van der Waals surface area contributed by atoms with E-state index in [1.54, 1.807) is 25.4 Å². The number of aromatic amines is 1. The van der Waals surface area contributed by atoms with Crippen LogP contribution in [0.15, 0.2) is 29.2 Å². The zero-order valence-electron chi connectivity index (χ0n) is 13.5. The largest absolute Gasteiger partial charge is 0.489 e. The highest BCUT2D eigenvalue weighted by molar-refractivity contribution is 6.32. The normalized spacial score (nSPS) is 15.7. The number of likely N-dealkylation sites (tertiary alicyclic amines) is 1. The first-order chi connectivity index (χ1) is 11.6. The van der Waals surface area contributed by atoms with Crippen molar-refractivity contribution in [3.05, 3.63) is 39.8 Å². The second-order valence-electron chi connectivity index (χ2n) is 5.91. The molecule has 0 spiro atoms. The quantitative estimate of drug-likeness (QED) is 0.882. The number of rotatable bonds is 4. The number of piperidine rings is 1. The second kappa shape index (κ2) is 7.23. The van der Waals surface area contributed by atoms with Gasteiger partial charge in [0.15, 0.2) is 0 Å². The Balaban J connectivity index is 1.69. The maximum absolute atomic E-state index is 11.9. The summed E-state index contributed by atoms with van der Waals surface area (Å²) in [5.41, 5.74) is -0.169. The van der Waals surface area contributed by atoms with Crippen molar-refractivity contribution in [2.24, 2.45) is 0 Å². The summed E-state index contributed by atoms with van der Waals surface area (Å²) in [7, 11) is 1.76. The number of likely N-dealkylation sites (N-methyl/N-ethyl adjacent to an activating group) is 1. The lowest BCUT2D eigenvalue weighted by Crippen LogP contribution is -2.44. The summed E-state index contributed by atoms with van der Waals surface area (Å²) in [6.45, 7) is 1.71. The zero-order valence-corrected chi connectivity index (χ0v) is 14.2. The Morgan fingerprint density at radius 1 is 1.42 bits per heavy atom. The number of halogens is 1. The molecule has 2 heterocycles. The van der Waals surface area contributed by atoms with Gasteiger partial charge in [0.05, 0.1) is 11.6 Å². The Kier molecular flexibility index (Phi) is 5.06. The van der Waals surface area contributed by atoms with Gasteiger partial charge in [-0.1, -0.05) is 11.6 Å². The molecule has 0 atom stereocenters. The molecule has 6 nitrogen and oxygen atoms in total. The minimum absolute atomic E-state index is 0.0144. The van der Waals surface area contributed by atoms with Crippen molar-refractivity contribution in [3.8, 4) is 5.75 Å². The van der Waals surface area contributed by atoms with Gasteiger partial charge in [0.25, 0.3) is 5.56 Å². The molecular weight excluding hydrogens is 330 g/mol. The summed E-state index contributed by atoms with van der Waals surface area (Å²) >= 11 is 6.26. The van der Waals surface area contributed by atoms with Crippen LogP contribution in [-0.4, -0.2) is 48.6 Å². The van der Waals surface area contributed by atoms with Gasteiger partial charge in [0, 0.05) is 37.5 Å². The fourth-order valence-electron chi connectivity index (χ4n) is 2.94. The van der Waals surface area contributed by atoms with Crippen LogP contribution in [0.1, 0.15) is 12.8 Å². The van der Waals surface area contributed by atoms with E-state index in [4.69, 9.17) is 16.3 Å². The van der Waals surface area contributed by atoms with Crippen LogP contribution in [0.4, 0.5) is 0 Å². The van der Waals surface area contributed by atoms with Crippen LogP contribution in [0.25, 0.3) is 10.8 Å². The first-order valence-corrected chi connectivity index (χ1v) is 8.36. The molecule has 1 aromatic heterocycles. The molecular formula is C17H20ClN3O3. The number of carbonyl (C=O) groups is 1. The molecule has 1 aromatic carbocycles. The number of nitrogens with zero attached hydrogens (tertiary/aromatic N) is 1. The highest BCUT2D eigenvalue weighted by atomic mass is 35.5. The molecule has 0 radical (unpaired) electrons. The Morgan fingerprint density at radius 2 is 2.17 bits per heavy atom. The fraction of sp³-hybridized carbons (Fsp3) is 0.412. The van der Waals surface area contributed by atoms with Crippen molar-refractivity contribution in [3.63, 3.8) is 0 Å². The van der Waals surface area contributed by atoms with Gasteiger partial charge in [0.2, 0.25) is 5.91 Å². The summed E-state index contributed by atoms with van der Waals surface area (Å²) in [4.78, 5) is 28.1. The Bertz CT molecular complexity index is 797. The van der Waals surface area contributed by atoms with Crippen molar-refractivity contribution in [2.45, 2.75) is 18.9 Å². The molecule has 1 aliphatic rings. The predicted octanol–water partition coefficient (Wildman–Crippen LogP) is 1.77. The number of carbonyl (C=O) groups excluding carboxylic acids is 1. The molecule has 24 heavy (non-hydrogen) atoms. The first kappa shape index (κ1) is 16.8. The number of hydrogen-bond acceptors (Lipinski definition) is 4. The van der Waals surface area contributed by atoms with Crippen molar-refractivity contribution >= 4 is 28.3 Å². The number of nitrogens with one attached hydrogen (secondary N) is 2. The highest BCUT2D eigenvalue weighted by Crippen LogP contribution is 2.30. The highest BCUT2D eigenvalue weighted by Gasteiger charge is 2.24. The number of hydrogen-bond donors (Lipinski definition) is 2. The second-order valence-corrected chi connectivity index (χ2v) is 6.31. The molecule has 1 amide bonds. The standard InChI is InChI=1S/C17H20ClN3O3/c1-19-10-16(22)21-6-3-12(4-7-21)24-15-8-11-2-5-20-17(23)13(11)9-14(15)18/h2,5,8-9,12,19H,3-4,6-7,10H2,1H3,(H,20,23). The number of fused-ring (bicyclic) bond motifs is 1. The van der Waals surface area contributed by atoms with E-state index in [2.05, 4.69) is 10.3 Å². The van der Waals surface area contributed by atoms with Crippen molar-refractivity contribution in [2.75, 3.05) is 26.7 Å². The summed E-state index contributed by atoms with van der Waals surface area (Å²) in [5, 5.41) is 4.64. The fourth-order valence-corrected chi connectivity index (χ4v) is 3.15. The SMILES string of the molecule is CNCC(=O)N1CCC(Oc2cc3cc[nH]c(=O)c3cc2Cl)CC1. The summed E-state index contributed by atoms with van der Waals surface area (Å²) < 4.78 is 6.02. The lowest BCUT2D eigenvalue weighted by Gasteiger charge is -2.32. The average Bonchev–Trinajstić information content (AvgIpc) is 2.57. The molecule has 128 valence electrons. The molecule has 1 saturated heterocycles. The smallest absolute Gasteiger partial charge is 0.255 e. The summed E-state index contributed by atoms with van der Waals surface area (Å²) in [6.07, 6.45) is 3.15. The topological polar surface area (TPSA) is 74.4 Å². The lowest BCUT2D eigenvalue weighted by atomic mass is 10.1. The van der Waals surface area contributed by atoms with Gasteiger partial charge in [-0.15, -0.1) is 0 Å². The number of pyridine rings is 1. The van der Waals surface area contributed by atoms with E-state index in [1.165, 1.54) is 0 Å². The van der Waals surface area contributed by atoms with Gasteiger partial charge >= 0.3 is 0 Å². The van der Waals surface area contributed by atoms with Crippen LogP contribution in [0.3, 0.4) is 0 Å². The van der Waals surface area contributed by atoms with Crippen molar-refractivity contribution in [1.29, 1.82) is 0 Å². The molecule has 0 saturated carbocycles. The van der Waals surface area contributed by atoms with Gasteiger partial charge in [0.1, 0.15) is 11.9 Å². The number of benzene rings is 1. The molecule has 0 aliphatic carbocycles. The molecule has 1 aliphatic heterocycles. The van der Waals surface area contributed by atoms with Crippen molar-refractivity contribution in [1.82, 2.24) is 15.2 Å². The Labute approximate surface area is 144 Å². The number of ether oxygens (including phenoxy) is 1. The Hall–Kier alpha value is -2.05. The van der Waals surface area contributed by atoms with Crippen LogP contribution in [-0.2, 0) is 4.79 Å². The van der Waals surface area contributed by atoms with Gasteiger partial charge in [-0.25, -0.2) is 0 Å². The third kappa shape index (κ3) is 3.55. The van der Waals surface area contributed by atoms with Crippen LogP contribution in [0, 0.1) is 0 Å². The van der Waals surface area contributed by atoms with Gasteiger partial charge in [-0.2, -0.15) is 0 Å². The van der Waals surface area contributed by atoms with E-state index in [0.29, 0.717) is 35.8 Å². The Morgan fingerprint density at radius 3 is 2.88 bits per heavy atom. The third-order valence-corrected chi connectivity index (χ3v) is 4.54. The van der Waals surface area contributed by atoms with E-state index in [1.807, 2.05) is 11.0 Å². The monoisotopic (exact) mass is 349 g/mol. The lowest BCUT2D eigenvalue weighted by molar-refractivity contribution is -0.131. The first-order valence-electron chi connectivity index (χ1n) is 7.98. The van der Waals surface area contributed by atoms with Crippen LogP contribution in [0.5, 0.6) is 5.75 Å². The minimum atomic E-state index is -0.169. The van der Waals surface area contributed by atoms with Gasteiger partial charge in [-0.05, 0) is 30.6 Å². The van der Waals surface area contributed by atoms with E-state index >= 15 is 0 Å². The molecule has 0 unspecified atom stereocenters. The van der Waals surface area contributed by atoms with Crippen LogP contribution >= 0.6 is 11.6 Å². The maximum atomic E-state index is 11.9. The zero-order chi connectivity index (χ0) is 17.1. The minimum Gasteiger partial charge on any atom is -0.489 e. The number of amides is 1. The third-order valence-electron chi connectivity index (χ3n) is 4.24. The molecule has 1 fully saturated rings. The van der Waals surface area contributed by atoms with Crippen molar-refractivity contribution < 1.29 is 9.53 Å². The average molecular weight is 350 g/mol. The molecule has 2 aromatic rings. The van der Waals surface area contributed by atoms with Crippen LogP contribution in [0.2, 0.25) is 5.02 Å². The van der Waals surface area contributed by atoms with Crippen LogP contribution < -0.4 is 15.6 Å². The van der Waals surface area contributed by atoms with E-state index < -0.39 is 0 Å². The number of aromatic nitrogens is 1. The van der Waals surface area contributed by atoms with E-state index in [0.717, 1.165) is 18.2 Å². The molecule has 7 heteroatoms. The maximum Gasteiger partial charge on any atom is 0.255 e. The van der Waals surface area contributed by atoms with Gasteiger partial charge in [-0.3, -0.25) is 9.59 Å². The summed E-state index contributed by atoms with van der Waals surface area (Å²) in [6, 6.07) is 5.25. The summed E-state index contributed by atoms with van der Waals surface area (Å²) in [5.74, 6) is 0.689. The predicted molar refractivity (Wildman–Crippen MR) is 93.7 cm³/mol. The number of H-pyrrole nitrogens is 1.